The average molecular weight is 385 g/mol. The van der Waals surface area contributed by atoms with Crippen LogP contribution >= 0.6 is 11.6 Å². The van der Waals surface area contributed by atoms with E-state index in [1.807, 2.05) is 42.2 Å². The van der Waals surface area contributed by atoms with Crippen LogP contribution in [0, 0.1) is 11.8 Å². The Morgan fingerprint density at radius 2 is 1.63 bits per heavy atom. The van der Waals surface area contributed by atoms with Gasteiger partial charge in [-0.3, -0.25) is 9.59 Å². The van der Waals surface area contributed by atoms with E-state index >= 15 is 0 Å². The van der Waals surface area contributed by atoms with Crippen LogP contribution < -0.4 is 5.73 Å². The van der Waals surface area contributed by atoms with Crippen molar-refractivity contribution in [2.24, 2.45) is 17.6 Å². The van der Waals surface area contributed by atoms with Crippen LogP contribution in [0.3, 0.4) is 0 Å². The summed E-state index contributed by atoms with van der Waals surface area (Å²) in [7, 11) is 0. The number of Topliss-reactive ketones (excluding diaryl/α,β-unsaturated/α-hetero) is 1. The SMILES string of the molecule is CC(C(=O)N1CCC(C(=O)c2ccc(Cl)cc2)CC1)C(N)c1ccccc1. The van der Waals surface area contributed by atoms with Gasteiger partial charge in [-0.25, -0.2) is 0 Å². The number of hydrogen-bond acceptors (Lipinski definition) is 3. The lowest BCUT2D eigenvalue weighted by atomic mass is 9.87. The lowest BCUT2D eigenvalue weighted by molar-refractivity contribution is -0.137. The van der Waals surface area contributed by atoms with E-state index in [1.54, 1.807) is 24.3 Å². The smallest absolute Gasteiger partial charge is 0.227 e. The molecule has 0 aromatic heterocycles. The number of halogens is 1. The molecule has 1 aliphatic rings. The maximum absolute atomic E-state index is 12.8. The van der Waals surface area contributed by atoms with Crippen LogP contribution in [-0.2, 0) is 4.79 Å². The van der Waals surface area contributed by atoms with Crippen LogP contribution in [-0.4, -0.2) is 29.7 Å². The third-order valence-electron chi connectivity index (χ3n) is 5.42. The maximum Gasteiger partial charge on any atom is 0.227 e. The average Bonchev–Trinajstić information content (AvgIpc) is 2.73. The molecule has 1 heterocycles. The van der Waals surface area contributed by atoms with Crippen LogP contribution in [0.4, 0.5) is 0 Å². The van der Waals surface area contributed by atoms with E-state index in [1.165, 1.54) is 0 Å². The van der Waals surface area contributed by atoms with Crippen molar-refractivity contribution in [2.45, 2.75) is 25.8 Å². The molecule has 2 N–H and O–H groups in total. The number of nitrogens with two attached hydrogens (primary N) is 1. The summed E-state index contributed by atoms with van der Waals surface area (Å²) in [6, 6.07) is 16.4. The minimum Gasteiger partial charge on any atom is -0.342 e. The van der Waals surface area contributed by atoms with Gasteiger partial charge in [0.2, 0.25) is 5.91 Å². The van der Waals surface area contributed by atoms with Gasteiger partial charge in [0.1, 0.15) is 0 Å². The number of likely N-dealkylation sites (tertiary alicyclic amines) is 1. The number of ketones is 1. The van der Waals surface area contributed by atoms with Crippen molar-refractivity contribution in [3.63, 3.8) is 0 Å². The van der Waals surface area contributed by atoms with E-state index in [0.717, 1.165) is 5.56 Å². The molecule has 3 rings (SSSR count). The van der Waals surface area contributed by atoms with Gasteiger partial charge in [0.25, 0.3) is 0 Å². The summed E-state index contributed by atoms with van der Waals surface area (Å²) in [5.74, 6) is -0.152. The van der Waals surface area contributed by atoms with E-state index < -0.39 is 0 Å². The Labute approximate surface area is 165 Å². The fourth-order valence-electron chi connectivity index (χ4n) is 3.62. The maximum atomic E-state index is 12.8. The summed E-state index contributed by atoms with van der Waals surface area (Å²) in [5, 5.41) is 0.621. The predicted molar refractivity (Wildman–Crippen MR) is 108 cm³/mol. The molecular weight excluding hydrogens is 360 g/mol. The number of benzene rings is 2. The number of piperidine rings is 1. The molecule has 27 heavy (non-hydrogen) atoms. The van der Waals surface area contributed by atoms with Gasteiger partial charge in [-0.05, 0) is 42.7 Å². The third kappa shape index (κ3) is 4.57. The van der Waals surface area contributed by atoms with Crippen molar-refractivity contribution in [1.29, 1.82) is 0 Å². The molecule has 2 aromatic rings. The van der Waals surface area contributed by atoms with Gasteiger partial charge in [0.15, 0.2) is 5.78 Å². The minimum atomic E-state index is -0.327. The highest BCUT2D eigenvalue weighted by Gasteiger charge is 2.32. The molecular formula is C22H25ClN2O2. The minimum absolute atomic E-state index is 0.0478. The fourth-order valence-corrected chi connectivity index (χ4v) is 3.74. The molecule has 1 amide bonds. The highest BCUT2D eigenvalue weighted by molar-refractivity contribution is 6.30. The first-order valence-electron chi connectivity index (χ1n) is 9.36. The lowest BCUT2D eigenvalue weighted by Crippen LogP contribution is -2.44. The van der Waals surface area contributed by atoms with Gasteiger partial charge in [-0.15, -0.1) is 0 Å². The molecule has 1 saturated heterocycles. The first kappa shape index (κ1) is 19.6. The van der Waals surface area contributed by atoms with Crippen LogP contribution in [0.1, 0.15) is 41.7 Å². The van der Waals surface area contributed by atoms with Crippen molar-refractivity contribution in [1.82, 2.24) is 4.90 Å². The summed E-state index contributed by atoms with van der Waals surface area (Å²) >= 11 is 5.89. The molecule has 1 fully saturated rings. The molecule has 0 radical (unpaired) electrons. The lowest BCUT2D eigenvalue weighted by Gasteiger charge is -2.34. The summed E-state index contributed by atoms with van der Waals surface area (Å²) in [6.45, 7) is 3.06. The Morgan fingerprint density at radius 1 is 1.04 bits per heavy atom. The van der Waals surface area contributed by atoms with Gasteiger partial charge >= 0.3 is 0 Å². The van der Waals surface area contributed by atoms with Gasteiger partial charge in [-0.1, -0.05) is 48.9 Å². The van der Waals surface area contributed by atoms with E-state index in [-0.39, 0.29) is 29.6 Å². The third-order valence-corrected chi connectivity index (χ3v) is 5.67. The molecule has 2 aromatic carbocycles. The predicted octanol–water partition coefficient (Wildman–Crippen LogP) is 4.10. The standard InChI is InChI=1S/C22H25ClN2O2/c1-15(20(24)16-5-3-2-4-6-16)22(27)25-13-11-18(12-14-25)21(26)17-7-9-19(23)10-8-17/h2-10,15,18,20H,11-14,24H2,1H3. The van der Waals surface area contributed by atoms with E-state index in [2.05, 4.69) is 0 Å². The molecule has 0 aliphatic carbocycles. The number of nitrogens with zero attached hydrogens (tertiary/aromatic N) is 1. The van der Waals surface area contributed by atoms with Crippen LogP contribution in [0.25, 0.3) is 0 Å². The van der Waals surface area contributed by atoms with Crippen LogP contribution in [0.2, 0.25) is 5.02 Å². The number of rotatable bonds is 5. The molecule has 2 unspecified atom stereocenters. The van der Waals surface area contributed by atoms with Crippen molar-refractivity contribution >= 4 is 23.3 Å². The Balaban J connectivity index is 1.57. The Morgan fingerprint density at radius 3 is 2.22 bits per heavy atom. The second-order valence-electron chi connectivity index (χ2n) is 7.20. The van der Waals surface area contributed by atoms with Crippen LogP contribution in [0.15, 0.2) is 54.6 Å². The summed E-state index contributed by atoms with van der Waals surface area (Å²) in [5.41, 5.74) is 7.95. The molecule has 0 spiro atoms. The normalized spacial score (nSPS) is 17.4. The van der Waals surface area contributed by atoms with Gasteiger partial charge in [-0.2, -0.15) is 0 Å². The summed E-state index contributed by atoms with van der Waals surface area (Å²) in [4.78, 5) is 27.3. The first-order valence-corrected chi connectivity index (χ1v) is 9.74. The quantitative estimate of drug-likeness (QED) is 0.789. The second kappa shape index (κ2) is 8.68. The van der Waals surface area contributed by atoms with Crippen molar-refractivity contribution in [2.75, 3.05) is 13.1 Å². The number of carbonyl (C=O) groups excluding carboxylic acids is 2. The van der Waals surface area contributed by atoms with Crippen molar-refractivity contribution in [3.8, 4) is 0 Å². The highest BCUT2D eigenvalue weighted by atomic mass is 35.5. The first-order chi connectivity index (χ1) is 13.0. The molecule has 142 valence electrons. The van der Waals surface area contributed by atoms with Crippen molar-refractivity contribution in [3.05, 3.63) is 70.7 Å². The molecule has 5 heteroatoms. The number of carbonyl (C=O) groups is 2. The van der Waals surface area contributed by atoms with Gasteiger partial charge in [0, 0.05) is 35.6 Å². The van der Waals surface area contributed by atoms with Gasteiger partial charge in [0.05, 0.1) is 5.92 Å². The number of hydrogen-bond donors (Lipinski definition) is 1. The molecule has 4 nitrogen and oxygen atoms in total. The number of amides is 1. The topological polar surface area (TPSA) is 63.4 Å². The Bertz CT molecular complexity index is 784. The fraction of sp³-hybridized carbons (Fsp3) is 0.364. The zero-order valence-corrected chi connectivity index (χ0v) is 16.2. The molecule has 0 bridgehead atoms. The zero-order chi connectivity index (χ0) is 19.4. The molecule has 2 atom stereocenters. The Hall–Kier alpha value is -2.17. The van der Waals surface area contributed by atoms with Gasteiger partial charge < -0.3 is 10.6 Å². The summed E-state index contributed by atoms with van der Waals surface area (Å²) < 4.78 is 0. The molecule has 1 aliphatic heterocycles. The van der Waals surface area contributed by atoms with Crippen LogP contribution in [0.5, 0.6) is 0 Å². The highest BCUT2D eigenvalue weighted by Crippen LogP contribution is 2.26. The van der Waals surface area contributed by atoms with E-state index in [0.29, 0.717) is 36.5 Å². The monoisotopic (exact) mass is 384 g/mol. The second-order valence-corrected chi connectivity index (χ2v) is 7.63. The summed E-state index contributed by atoms with van der Waals surface area (Å²) in [6.07, 6.45) is 1.36. The van der Waals surface area contributed by atoms with E-state index in [9.17, 15) is 9.59 Å². The zero-order valence-electron chi connectivity index (χ0n) is 15.5. The van der Waals surface area contributed by atoms with E-state index in [4.69, 9.17) is 17.3 Å². The Kier molecular flexibility index (Phi) is 6.30. The largest absolute Gasteiger partial charge is 0.342 e. The molecule has 0 saturated carbocycles. The van der Waals surface area contributed by atoms with Crippen molar-refractivity contribution < 1.29 is 9.59 Å².